The number of imidazole rings is 1. The third kappa shape index (κ3) is 3.51. The van der Waals surface area contributed by atoms with Crippen molar-refractivity contribution in [3.63, 3.8) is 0 Å². The first-order valence-electron chi connectivity index (χ1n) is 6.73. The summed E-state index contributed by atoms with van der Waals surface area (Å²) in [6, 6.07) is 5.92. The normalized spacial score (nSPS) is 12.4. The summed E-state index contributed by atoms with van der Waals surface area (Å²) < 4.78 is 1.94. The number of para-hydroxylation sites is 1. The van der Waals surface area contributed by atoms with E-state index < -0.39 is 0 Å². The van der Waals surface area contributed by atoms with Gasteiger partial charge in [-0.3, -0.25) is 0 Å². The average Bonchev–Trinajstić information content (AvgIpc) is 2.90. The monoisotopic (exact) mass is 277 g/mol. The third-order valence-corrected chi connectivity index (χ3v) is 3.48. The van der Waals surface area contributed by atoms with Gasteiger partial charge in [-0.2, -0.15) is 0 Å². The van der Waals surface area contributed by atoms with Crippen LogP contribution in [0.25, 0.3) is 5.69 Å². The molecule has 0 saturated heterocycles. The molecule has 19 heavy (non-hydrogen) atoms. The minimum atomic E-state index is 0.652. The van der Waals surface area contributed by atoms with Crippen molar-refractivity contribution in [2.24, 2.45) is 5.92 Å². The Kier molecular flexibility index (Phi) is 4.86. The molecule has 0 spiro atoms. The van der Waals surface area contributed by atoms with Crippen molar-refractivity contribution in [1.82, 2.24) is 9.55 Å². The Bertz CT molecular complexity index is 508. The van der Waals surface area contributed by atoms with Gasteiger partial charge in [0.05, 0.1) is 22.7 Å². The fourth-order valence-corrected chi connectivity index (χ4v) is 2.46. The van der Waals surface area contributed by atoms with Gasteiger partial charge < -0.3 is 9.88 Å². The number of benzene rings is 1. The minimum Gasteiger partial charge on any atom is -0.383 e. The van der Waals surface area contributed by atoms with Crippen LogP contribution in [0.5, 0.6) is 0 Å². The molecule has 0 aliphatic carbocycles. The van der Waals surface area contributed by atoms with Crippen molar-refractivity contribution in [1.29, 1.82) is 0 Å². The second kappa shape index (κ2) is 6.62. The zero-order chi connectivity index (χ0) is 13.7. The Morgan fingerprint density at radius 2 is 2.26 bits per heavy atom. The van der Waals surface area contributed by atoms with E-state index in [1.807, 2.05) is 22.9 Å². The van der Waals surface area contributed by atoms with Crippen LogP contribution >= 0.6 is 11.6 Å². The molecule has 0 fully saturated rings. The molecule has 0 amide bonds. The van der Waals surface area contributed by atoms with E-state index in [0.29, 0.717) is 5.92 Å². The molecule has 0 aliphatic heterocycles. The first-order chi connectivity index (χ1) is 9.22. The number of hydrogen-bond donors (Lipinski definition) is 1. The summed E-state index contributed by atoms with van der Waals surface area (Å²) >= 11 is 6.31. The van der Waals surface area contributed by atoms with E-state index in [1.165, 1.54) is 12.8 Å². The molecule has 102 valence electrons. The van der Waals surface area contributed by atoms with Crippen molar-refractivity contribution in [3.8, 4) is 5.69 Å². The summed E-state index contributed by atoms with van der Waals surface area (Å²) in [5.41, 5.74) is 2.01. The second-order valence-corrected chi connectivity index (χ2v) is 5.29. The topological polar surface area (TPSA) is 29.9 Å². The number of hydrogen-bond acceptors (Lipinski definition) is 2. The lowest BCUT2D eigenvalue weighted by Gasteiger charge is -2.17. The fourth-order valence-electron chi connectivity index (χ4n) is 2.19. The Morgan fingerprint density at radius 3 is 2.95 bits per heavy atom. The average molecular weight is 278 g/mol. The van der Waals surface area contributed by atoms with Gasteiger partial charge in [0, 0.05) is 18.9 Å². The van der Waals surface area contributed by atoms with Crippen molar-refractivity contribution in [2.45, 2.75) is 26.7 Å². The third-order valence-electron chi connectivity index (χ3n) is 3.17. The number of rotatable bonds is 6. The molecule has 2 rings (SSSR count). The molecule has 0 radical (unpaired) electrons. The quantitative estimate of drug-likeness (QED) is 0.849. The molecule has 1 heterocycles. The molecule has 3 nitrogen and oxygen atoms in total. The van der Waals surface area contributed by atoms with Crippen LogP contribution in [-0.4, -0.2) is 16.1 Å². The molecule has 1 aromatic carbocycles. The molecular weight excluding hydrogens is 258 g/mol. The highest BCUT2D eigenvalue weighted by molar-refractivity contribution is 6.33. The van der Waals surface area contributed by atoms with Gasteiger partial charge in [-0.25, -0.2) is 4.98 Å². The molecule has 4 heteroatoms. The zero-order valence-electron chi connectivity index (χ0n) is 11.4. The maximum Gasteiger partial charge on any atom is 0.0992 e. The largest absolute Gasteiger partial charge is 0.383 e. The predicted molar refractivity (Wildman–Crippen MR) is 81.1 cm³/mol. The van der Waals surface area contributed by atoms with Gasteiger partial charge in [0.2, 0.25) is 0 Å². The summed E-state index contributed by atoms with van der Waals surface area (Å²) in [6.45, 7) is 5.43. The van der Waals surface area contributed by atoms with Crippen LogP contribution in [0.2, 0.25) is 5.02 Å². The fraction of sp³-hybridized carbons (Fsp3) is 0.400. The number of nitrogens with one attached hydrogen (secondary N) is 1. The van der Waals surface area contributed by atoms with Crippen LogP contribution in [0.15, 0.2) is 36.9 Å². The van der Waals surface area contributed by atoms with Crippen LogP contribution in [-0.2, 0) is 0 Å². The van der Waals surface area contributed by atoms with E-state index in [-0.39, 0.29) is 0 Å². The van der Waals surface area contributed by atoms with Gasteiger partial charge in [-0.1, -0.05) is 37.9 Å². The van der Waals surface area contributed by atoms with Gasteiger partial charge in [0.25, 0.3) is 0 Å². The van der Waals surface area contributed by atoms with E-state index in [9.17, 15) is 0 Å². The summed E-state index contributed by atoms with van der Waals surface area (Å²) in [5.74, 6) is 0.652. The Labute approximate surface area is 119 Å². The summed E-state index contributed by atoms with van der Waals surface area (Å²) in [4.78, 5) is 4.08. The highest BCUT2D eigenvalue weighted by atomic mass is 35.5. The highest BCUT2D eigenvalue weighted by Crippen LogP contribution is 2.28. The lowest BCUT2D eigenvalue weighted by Crippen LogP contribution is -2.12. The number of anilines is 1. The first kappa shape index (κ1) is 13.9. The molecule has 2 aromatic rings. The van der Waals surface area contributed by atoms with E-state index in [4.69, 9.17) is 11.6 Å². The number of halogens is 1. The molecule has 0 bridgehead atoms. The van der Waals surface area contributed by atoms with E-state index in [2.05, 4.69) is 30.2 Å². The van der Waals surface area contributed by atoms with Crippen LogP contribution in [0.1, 0.15) is 26.7 Å². The molecule has 0 aliphatic rings. The molecule has 1 N–H and O–H groups in total. The van der Waals surface area contributed by atoms with Crippen LogP contribution in [0.4, 0.5) is 5.69 Å². The van der Waals surface area contributed by atoms with Gasteiger partial charge in [0.1, 0.15) is 0 Å². The molecule has 0 saturated carbocycles. The summed E-state index contributed by atoms with van der Waals surface area (Å²) in [5, 5.41) is 4.22. The maximum absolute atomic E-state index is 6.31. The predicted octanol–water partition coefficient (Wildman–Crippen LogP) is 4.37. The van der Waals surface area contributed by atoms with E-state index >= 15 is 0 Å². The Balaban J connectivity index is 2.19. The van der Waals surface area contributed by atoms with Crippen LogP contribution in [0, 0.1) is 5.92 Å². The Hall–Kier alpha value is -1.48. The van der Waals surface area contributed by atoms with Gasteiger partial charge in [-0.15, -0.1) is 0 Å². The van der Waals surface area contributed by atoms with Crippen LogP contribution in [0.3, 0.4) is 0 Å². The standard InChI is InChI=1S/C15H20ClN3/c1-3-5-12(2)10-18-14-7-4-6-13(16)15(14)19-9-8-17-11-19/h4,6-9,11-12,18H,3,5,10H2,1-2H3. The van der Waals surface area contributed by atoms with Crippen molar-refractivity contribution in [3.05, 3.63) is 41.9 Å². The van der Waals surface area contributed by atoms with Crippen LogP contribution < -0.4 is 5.32 Å². The van der Waals surface area contributed by atoms with Gasteiger partial charge in [-0.05, 0) is 24.5 Å². The van der Waals surface area contributed by atoms with Crippen molar-refractivity contribution >= 4 is 17.3 Å². The van der Waals surface area contributed by atoms with Crippen molar-refractivity contribution < 1.29 is 0 Å². The Morgan fingerprint density at radius 1 is 1.42 bits per heavy atom. The van der Waals surface area contributed by atoms with E-state index in [1.54, 1.807) is 12.5 Å². The lowest BCUT2D eigenvalue weighted by atomic mass is 10.1. The summed E-state index contributed by atoms with van der Waals surface area (Å²) in [6.07, 6.45) is 7.87. The second-order valence-electron chi connectivity index (χ2n) is 4.88. The van der Waals surface area contributed by atoms with Gasteiger partial charge >= 0.3 is 0 Å². The first-order valence-corrected chi connectivity index (χ1v) is 7.11. The molecule has 1 unspecified atom stereocenters. The van der Waals surface area contributed by atoms with Crippen molar-refractivity contribution in [2.75, 3.05) is 11.9 Å². The van der Waals surface area contributed by atoms with Gasteiger partial charge in [0.15, 0.2) is 0 Å². The molecule has 1 atom stereocenters. The smallest absolute Gasteiger partial charge is 0.0992 e. The molecule has 1 aromatic heterocycles. The number of aromatic nitrogens is 2. The minimum absolute atomic E-state index is 0.652. The van der Waals surface area contributed by atoms with E-state index in [0.717, 1.165) is 22.9 Å². The lowest BCUT2D eigenvalue weighted by molar-refractivity contribution is 0.550. The number of nitrogens with zero attached hydrogens (tertiary/aromatic N) is 2. The zero-order valence-corrected chi connectivity index (χ0v) is 12.2. The molecular formula is C15H20ClN3. The maximum atomic E-state index is 6.31. The SMILES string of the molecule is CCCC(C)CNc1cccc(Cl)c1-n1ccnc1. The highest BCUT2D eigenvalue weighted by Gasteiger charge is 2.09. The summed E-state index contributed by atoms with van der Waals surface area (Å²) in [7, 11) is 0.